The number of nitrogens with two attached hydrogens (primary N) is 1. The van der Waals surface area contributed by atoms with E-state index < -0.39 is 47.3 Å². The van der Waals surface area contributed by atoms with E-state index in [4.69, 9.17) is 5.73 Å². The lowest BCUT2D eigenvalue weighted by atomic mass is 10.0. The molecule has 0 saturated heterocycles. The van der Waals surface area contributed by atoms with Crippen LogP contribution in [0.1, 0.15) is 11.1 Å². The molecule has 0 spiro atoms. The third-order valence-corrected chi connectivity index (χ3v) is 3.41. The van der Waals surface area contributed by atoms with E-state index in [-0.39, 0.29) is 6.42 Å². The molecule has 0 unspecified atom stereocenters. The molecule has 0 saturated carbocycles. The van der Waals surface area contributed by atoms with Gasteiger partial charge in [0.25, 0.3) is 0 Å². The van der Waals surface area contributed by atoms with Gasteiger partial charge in [-0.05, 0) is 29.8 Å². The summed E-state index contributed by atoms with van der Waals surface area (Å²) < 4.78 is 40.3. The average molecular weight is 336 g/mol. The first-order valence-corrected chi connectivity index (χ1v) is 7.13. The highest BCUT2D eigenvalue weighted by molar-refractivity contribution is 5.87. The highest BCUT2D eigenvalue weighted by atomic mass is 19.1. The maximum Gasteiger partial charge on any atom is 0.240 e. The molecule has 126 valence electrons. The molecule has 2 rings (SSSR count). The van der Waals surface area contributed by atoms with Gasteiger partial charge in [-0.3, -0.25) is 9.59 Å². The summed E-state index contributed by atoms with van der Waals surface area (Å²) >= 11 is 0. The van der Waals surface area contributed by atoms with Crippen LogP contribution in [0.2, 0.25) is 0 Å². The number of hydrogen-bond donors (Lipinski definition) is 2. The van der Waals surface area contributed by atoms with Gasteiger partial charge in [0.05, 0.1) is 6.42 Å². The van der Waals surface area contributed by atoms with Crippen molar-refractivity contribution in [1.82, 2.24) is 5.32 Å². The Kier molecular flexibility index (Phi) is 5.57. The van der Waals surface area contributed by atoms with Crippen molar-refractivity contribution in [2.45, 2.75) is 18.9 Å². The molecule has 0 aliphatic rings. The van der Waals surface area contributed by atoms with Gasteiger partial charge in [-0.2, -0.15) is 0 Å². The maximum atomic E-state index is 13.5. The Morgan fingerprint density at radius 2 is 1.67 bits per heavy atom. The first-order valence-electron chi connectivity index (χ1n) is 7.13. The van der Waals surface area contributed by atoms with Gasteiger partial charge in [-0.15, -0.1) is 0 Å². The number of halogens is 3. The number of amides is 2. The fourth-order valence-corrected chi connectivity index (χ4v) is 2.23. The van der Waals surface area contributed by atoms with Crippen LogP contribution in [0.5, 0.6) is 0 Å². The van der Waals surface area contributed by atoms with E-state index in [1.165, 1.54) is 24.3 Å². The van der Waals surface area contributed by atoms with Gasteiger partial charge in [0.1, 0.15) is 23.5 Å². The smallest absolute Gasteiger partial charge is 0.240 e. The Morgan fingerprint density at radius 3 is 2.25 bits per heavy atom. The predicted molar refractivity (Wildman–Crippen MR) is 81.3 cm³/mol. The fraction of sp³-hybridized carbons (Fsp3) is 0.176. The van der Waals surface area contributed by atoms with Gasteiger partial charge < -0.3 is 11.1 Å². The zero-order valence-electron chi connectivity index (χ0n) is 12.6. The molecule has 0 heterocycles. The maximum absolute atomic E-state index is 13.5. The van der Waals surface area contributed by atoms with E-state index in [9.17, 15) is 22.8 Å². The lowest BCUT2D eigenvalue weighted by molar-refractivity contribution is -0.127. The van der Waals surface area contributed by atoms with Gasteiger partial charge in [-0.1, -0.05) is 18.2 Å². The van der Waals surface area contributed by atoms with E-state index in [0.717, 1.165) is 12.1 Å². The molecule has 0 radical (unpaired) electrons. The molecular weight excluding hydrogens is 321 g/mol. The molecule has 0 bridgehead atoms. The molecule has 4 nitrogen and oxygen atoms in total. The summed E-state index contributed by atoms with van der Waals surface area (Å²) in [4.78, 5) is 23.4. The minimum atomic E-state index is -1.12. The van der Waals surface area contributed by atoms with E-state index in [1.807, 2.05) is 0 Å². The lowest BCUT2D eigenvalue weighted by Gasteiger charge is -2.16. The minimum absolute atomic E-state index is 0.0292. The van der Waals surface area contributed by atoms with Crippen LogP contribution >= 0.6 is 0 Å². The molecule has 0 fully saturated rings. The van der Waals surface area contributed by atoms with E-state index in [1.54, 1.807) is 6.07 Å². The van der Waals surface area contributed by atoms with E-state index >= 15 is 0 Å². The summed E-state index contributed by atoms with van der Waals surface area (Å²) in [7, 11) is 0. The zero-order valence-corrected chi connectivity index (χ0v) is 12.6. The predicted octanol–water partition coefficient (Wildman–Crippen LogP) is 1.86. The summed E-state index contributed by atoms with van der Waals surface area (Å²) in [5.41, 5.74) is 5.28. The van der Waals surface area contributed by atoms with Crippen LogP contribution in [-0.4, -0.2) is 17.9 Å². The Morgan fingerprint density at radius 1 is 1.04 bits per heavy atom. The van der Waals surface area contributed by atoms with Crippen molar-refractivity contribution in [1.29, 1.82) is 0 Å². The quantitative estimate of drug-likeness (QED) is 0.845. The van der Waals surface area contributed by atoms with Crippen molar-refractivity contribution in [3.63, 3.8) is 0 Å². The number of carbonyl (C=O) groups excluding carboxylic acids is 2. The molecule has 1 atom stereocenters. The molecule has 7 heteroatoms. The van der Waals surface area contributed by atoms with Crippen molar-refractivity contribution in [2.75, 3.05) is 0 Å². The SMILES string of the molecule is NC(=O)[C@@H](Cc1cccc(F)c1)NC(=O)Cc1c(F)cccc1F. The Labute approximate surface area is 136 Å². The van der Waals surface area contributed by atoms with Crippen LogP contribution in [0, 0.1) is 17.5 Å². The van der Waals surface area contributed by atoms with Crippen LogP contribution in [0.4, 0.5) is 13.2 Å². The average Bonchev–Trinajstić information content (AvgIpc) is 2.50. The highest BCUT2D eigenvalue weighted by Gasteiger charge is 2.21. The molecule has 3 N–H and O–H groups in total. The van der Waals surface area contributed by atoms with Gasteiger partial charge in [-0.25, -0.2) is 13.2 Å². The zero-order chi connectivity index (χ0) is 17.7. The van der Waals surface area contributed by atoms with Crippen LogP contribution in [0.25, 0.3) is 0 Å². The van der Waals surface area contributed by atoms with Gasteiger partial charge in [0, 0.05) is 12.0 Å². The summed E-state index contributed by atoms with van der Waals surface area (Å²) in [5, 5.41) is 2.32. The van der Waals surface area contributed by atoms with Gasteiger partial charge in [0.15, 0.2) is 0 Å². The molecule has 2 aromatic rings. The summed E-state index contributed by atoms with van der Waals surface area (Å²) in [6.07, 6.45) is -0.607. The Balaban J connectivity index is 2.07. The minimum Gasteiger partial charge on any atom is -0.368 e. The van der Waals surface area contributed by atoms with Crippen LogP contribution in [0.15, 0.2) is 42.5 Å². The van der Waals surface area contributed by atoms with Crippen molar-refractivity contribution >= 4 is 11.8 Å². The van der Waals surface area contributed by atoms with Crippen molar-refractivity contribution < 1.29 is 22.8 Å². The standard InChI is InChI=1S/C17H15F3N2O2/c18-11-4-1-3-10(7-11)8-15(17(21)24)22-16(23)9-12-13(19)5-2-6-14(12)20/h1-7,15H,8-9H2,(H2,21,24)(H,22,23)/t15-/m1/s1. The Bertz CT molecular complexity index is 745. The summed E-state index contributed by atoms with van der Waals surface area (Å²) in [6.45, 7) is 0. The van der Waals surface area contributed by atoms with Crippen LogP contribution < -0.4 is 11.1 Å². The second-order valence-corrected chi connectivity index (χ2v) is 5.23. The summed E-state index contributed by atoms with van der Waals surface area (Å²) in [5.74, 6) is -3.80. The molecule has 0 aliphatic carbocycles. The first-order chi connectivity index (χ1) is 11.4. The molecule has 2 amide bonds. The monoisotopic (exact) mass is 336 g/mol. The number of carbonyl (C=O) groups is 2. The lowest BCUT2D eigenvalue weighted by Crippen LogP contribution is -2.46. The molecule has 24 heavy (non-hydrogen) atoms. The van der Waals surface area contributed by atoms with E-state index in [2.05, 4.69) is 5.32 Å². The number of benzene rings is 2. The number of primary amides is 1. The second-order valence-electron chi connectivity index (χ2n) is 5.23. The topological polar surface area (TPSA) is 72.2 Å². The van der Waals surface area contributed by atoms with Gasteiger partial charge in [0.2, 0.25) is 11.8 Å². The van der Waals surface area contributed by atoms with Crippen LogP contribution in [0.3, 0.4) is 0 Å². The number of hydrogen-bond acceptors (Lipinski definition) is 2. The Hall–Kier alpha value is -2.83. The van der Waals surface area contributed by atoms with E-state index in [0.29, 0.717) is 5.56 Å². The summed E-state index contributed by atoms with van der Waals surface area (Å²) in [6, 6.07) is 7.60. The molecule has 0 aromatic heterocycles. The molecular formula is C17H15F3N2O2. The number of nitrogens with one attached hydrogen (secondary N) is 1. The van der Waals surface area contributed by atoms with Crippen molar-refractivity contribution in [3.8, 4) is 0 Å². The van der Waals surface area contributed by atoms with Crippen LogP contribution in [-0.2, 0) is 22.4 Å². The molecule has 2 aromatic carbocycles. The van der Waals surface area contributed by atoms with Crippen molar-refractivity contribution in [3.05, 3.63) is 71.0 Å². The highest BCUT2D eigenvalue weighted by Crippen LogP contribution is 2.13. The largest absolute Gasteiger partial charge is 0.368 e. The third-order valence-electron chi connectivity index (χ3n) is 3.41. The number of rotatable bonds is 6. The normalized spacial score (nSPS) is 11.8. The second kappa shape index (κ2) is 7.63. The molecule has 0 aliphatic heterocycles. The fourth-order valence-electron chi connectivity index (χ4n) is 2.23. The van der Waals surface area contributed by atoms with Crippen molar-refractivity contribution in [2.24, 2.45) is 5.73 Å². The van der Waals surface area contributed by atoms with Gasteiger partial charge >= 0.3 is 0 Å². The first kappa shape index (κ1) is 17.5. The third kappa shape index (κ3) is 4.58.